The molecule has 0 saturated carbocycles. The monoisotopic (exact) mass is 473 g/mol. The van der Waals surface area contributed by atoms with Crippen LogP contribution in [0.1, 0.15) is 57.2 Å². The van der Waals surface area contributed by atoms with E-state index in [0.717, 1.165) is 63.3 Å². The molecule has 0 bridgehead atoms. The van der Waals surface area contributed by atoms with Gasteiger partial charge in [0.15, 0.2) is 0 Å². The molecule has 188 valence electrons. The largest absolute Gasteiger partial charge is 0.480 e. The van der Waals surface area contributed by atoms with E-state index in [1.54, 1.807) is 4.90 Å². The number of nitrogens with zero attached hydrogens (tertiary/aromatic N) is 3. The Morgan fingerprint density at radius 1 is 1.18 bits per heavy atom. The van der Waals surface area contributed by atoms with E-state index in [1.165, 1.54) is 5.56 Å². The van der Waals surface area contributed by atoms with Gasteiger partial charge in [-0.05, 0) is 62.5 Å². The van der Waals surface area contributed by atoms with Gasteiger partial charge in [-0.3, -0.25) is 10.1 Å². The van der Waals surface area contributed by atoms with Gasteiger partial charge in [0.1, 0.15) is 11.9 Å². The number of amides is 2. The van der Waals surface area contributed by atoms with E-state index < -0.39 is 17.6 Å². The number of piperidine rings is 2. The SMILES string of the molecule is CC(C)NC(C(=O)O)C1(O)CCN(C(=O)N2CCC(Cc3ccc4c(n3)NCCC4)CC2)CC1. The molecule has 0 radical (unpaired) electrons. The van der Waals surface area contributed by atoms with Crippen molar-refractivity contribution >= 4 is 17.8 Å². The zero-order chi connectivity index (χ0) is 24.3. The molecule has 0 aromatic carbocycles. The highest BCUT2D eigenvalue weighted by Gasteiger charge is 2.45. The van der Waals surface area contributed by atoms with Crippen LogP contribution in [0, 0.1) is 5.92 Å². The van der Waals surface area contributed by atoms with Crippen LogP contribution in [-0.2, 0) is 17.6 Å². The number of urea groups is 1. The van der Waals surface area contributed by atoms with Crippen LogP contribution in [-0.4, -0.2) is 87.4 Å². The number of hydrogen-bond donors (Lipinski definition) is 4. The number of aliphatic hydroxyl groups is 1. The lowest BCUT2D eigenvalue weighted by atomic mass is 9.83. The van der Waals surface area contributed by atoms with Crippen molar-refractivity contribution in [2.75, 3.05) is 38.0 Å². The van der Waals surface area contributed by atoms with Gasteiger partial charge in [0, 0.05) is 44.5 Å². The van der Waals surface area contributed by atoms with Crippen molar-refractivity contribution < 1.29 is 19.8 Å². The maximum absolute atomic E-state index is 13.1. The standard InChI is InChI=1S/C25H39N5O4/c1-17(2)27-21(23(31)32)25(34)9-14-30(15-10-25)24(33)29-12-7-18(8-13-29)16-20-6-5-19-4-3-11-26-22(19)28-20/h5-6,17-18,21,27,34H,3-4,7-16H2,1-2H3,(H,26,28)(H,31,32). The highest BCUT2D eigenvalue weighted by molar-refractivity contribution is 5.76. The third-order valence-corrected chi connectivity index (χ3v) is 7.52. The molecule has 1 unspecified atom stereocenters. The number of pyridine rings is 1. The van der Waals surface area contributed by atoms with Crippen LogP contribution in [0.15, 0.2) is 12.1 Å². The highest BCUT2D eigenvalue weighted by atomic mass is 16.4. The smallest absolute Gasteiger partial charge is 0.323 e. The topological polar surface area (TPSA) is 118 Å². The molecular weight excluding hydrogens is 434 g/mol. The molecule has 4 heterocycles. The molecule has 4 rings (SSSR count). The molecule has 3 aliphatic rings. The number of carbonyl (C=O) groups is 2. The molecule has 1 aromatic rings. The average molecular weight is 474 g/mol. The van der Waals surface area contributed by atoms with Crippen LogP contribution in [0.2, 0.25) is 0 Å². The van der Waals surface area contributed by atoms with E-state index in [9.17, 15) is 19.8 Å². The number of fused-ring (bicyclic) bond motifs is 1. The molecule has 9 heteroatoms. The second-order valence-electron chi connectivity index (χ2n) is 10.4. The van der Waals surface area contributed by atoms with E-state index in [1.807, 2.05) is 18.7 Å². The van der Waals surface area contributed by atoms with Gasteiger partial charge in [-0.2, -0.15) is 0 Å². The van der Waals surface area contributed by atoms with Gasteiger partial charge in [0.2, 0.25) is 0 Å². The number of carboxylic acids is 1. The fraction of sp³-hybridized carbons (Fsp3) is 0.720. The minimum Gasteiger partial charge on any atom is -0.480 e. The predicted molar refractivity (Wildman–Crippen MR) is 130 cm³/mol. The number of carbonyl (C=O) groups excluding carboxylic acids is 1. The number of nitrogens with one attached hydrogen (secondary N) is 2. The first-order valence-corrected chi connectivity index (χ1v) is 12.7. The Kier molecular flexibility index (Phi) is 7.62. The lowest BCUT2D eigenvalue weighted by molar-refractivity contribution is -0.150. The molecule has 3 aliphatic heterocycles. The summed E-state index contributed by atoms with van der Waals surface area (Å²) in [5.41, 5.74) is 1.08. The summed E-state index contributed by atoms with van der Waals surface area (Å²) in [5.74, 6) is 0.500. The van der Waals surface area contributed by atoms with E-state index in [-0.39, 0.29) is 24.9 Å². The van der Waals surface area contributed by atoms with Crippen molar-refractivity contribution in [2.45, 2.75) is 76.5 Å². The van der Waals surface area contributed by atoms with E-state index >= 15 is 0 Å². The molecule has 4 N–H and O–H groups in total. The number of hydrogen-bond acceptors (Lipinski definition) is 6. The summed E-state index contributed by atoms with van der Waals surface area (Å²) >= 11 is 0. The van der Waals surface area contributed by atoms with Gasteiger partial charge < -0.3 is 25.3 Å². The minimum atomic E-state index is -1.35. The van der Waals surface area contributed by atoms with Crippen molar-refractivity contribution in [3.05, 3.63) is 23.4 Å². The van der Waals surface area contributed by atoms with Crippen molar-refractivity contribution in [3.8, 4) is 0 Å². The van der Waals surface area contributed by atoms with Crippen molar-refractivity contribution in [2.24, 2.45) is 5.92 Å². The summed E-state index contributed by atoms with van der Waals surface area (Å²) < 4.78 is 0. The average Bonchev–Trinajstić information content (AvgIpc) is 2.83. The second-order valence-corrected chi connectivity index (χ2v) is 10.4. The first kappa shape index (κ1) is 24.7. The Morgan fingerprint density at radius 3 is 2.50 bits per heavy atom. The summed E-state index contributed by atoms with van der Waals surface area (Å²) in [6.45, 7) is 6.89. The second kappa shape index (κ2) is 10.5. The van der Waals surface area contributed by atoms with Gasteiger partial charge in [0.25, 0.3) is 0 Å². The molecular formula is C25H39N5O4. The van der Waals surface area contributed by atoms with Crippen molar-refractivity contribution in [1.29, 1.82) is 0 Å². The maximum atomic E-state index is 13.1. The van der Waals surface area contributed by atoms with Crippen LogP contribution >= 0.6 is 0 Å². The van der Waals surface area contributed by atoms with Gasteiger partial charge in [-0.1, -0.05) is 19.9 Å². The number of aryl methyl sites for hydroxylation is 1. The van der Waals surface area contributed by atoms with Crippen LogP contribution in [0.4, 0.5) is 10.6 Å². The number of carboxylic acid groups (broad SMARTS) is 1. The molecule has 9 nitrogen and oxygen atoms in total. The molecule has 1 aromatic heterocycles. The molecule has 2 fully saturated rings. The maximum Gasteiger partial charge on any atom is 0.323 e. The number of rotatable bonds is 6. The summed E-state index contributed by atoms with van der Waals surface area (Å²) in [5, 5.41) is 27.0. The van der Waals surface area contributed by atoms with E-state index in [0.29, 0.717) is 19.0 Å². The van der Waals surface area contributed by atoms with Crippen LogP contribution in [0.3, 0.4) is 0 Å². The van der Waals surface area contributed by atoms with Gasteiger partial charge >= 0.3 is 12.0 Å². The Labute approximate surface area is 201 Å². The van der Waals surface area contributed by atoms with Gasteiger partial charge in [-0.15, -0.1) is 0 Å². The lowest BCUT2D eigenvalue weighted by Crippen LogP contribution is -2.62. The minimum absolute atomic E-state index is 0.000277. The number of aliphatic carboxylic acids is 1. The lowest BCUT2D eigenvalue weighted by Gasteiger charge is -2.44. The first-order chi connectivity index (χ1) is 16.2. The number of likely N-dealkylation sites (tertiary alicyclic amines) is 2. The summed E-state index contributed by atoms with van der Waals surface area (Å²) in [7, 11) is 0. The zero-order valence-corrected chi connectivity index (χ0v) is 20.4. The van der Waals surface area contributed by atoms with Crippen LogP contribution < -0.4 is 10.6 Å². The fourth-order valence-corrected chi connectivity index (χ4v) is 5.47. The van der Waals surface area contributed by atoms with E-state index in [2.05, 4.69) is 22.8 Å². The molecule has 0 aliphatic carbocycles. The van der Waals surface area contributed by atoms with Crippen molar-refractivity contribution in [1.82, 2.24) is 20.1 Å². The van der Waals surface area contributed by atoms with Gasteiger partial charge in [-0.25, -0.2) is 9.78 Å². The zero-order valence-electron chi connectivity index (χ0n) is 20.4. The third kappa shape index (κ3) is 5.63. The molecule has 0 spiro atoms. The van der Waals surface area contributed by atoms with Crippen LogP contribution in [0.5, 0.6) is 0 Å². The molecule has 2 amide bonds. The molecule has 34 heavy (non-hydrogen) atoms. The quantitative estimate of drug-likeness (QED) is 0.500. The van der Waals surface area contributed by atoms with Gasteiger partial charge in [0.05, 0.1) is 5.60 Å². The number of aromatic nitrogens is 1. The van der Waals surface area contributed by atoms with Crippen molar-refractivity contribution in [3.63, 3.8) is 0 Å². The first-order valence-electron chi connectivity index (χ1n) is 12.7. The Bertz CT molecular complexity index is 876. The third-order valence-electron chi connectivity index (χ3n) is 7.52. The highest BCUT2D eigenvalue weighted by Crippen LogP contribution is 2.29. The predicted octanol–water partition coefficient (Wildman–Crippen LogP) is 2.09. The Morgan fingerprint density at radius 2 is 1.85 bits per heavy atom. The number of anilines is 1. The summed E-state index contributed by atoms with van der Waals surface area (Å²) in [6, 6.07) is 3.26. The normalized spacial score (nSPS) is 21.6. The Hall–Kier alpha value is -2.39. The van der Waals surface area contributed by atoms with Crippen LogP contribution in [0.25, 0.3) is 0 Å². The Balaban J connectivity index is 1.26. The summed E-state index contributed by atoms with van der Waals surface area (Å²) in [6.07, 6.45) is 5.60. The fourth-order valence-electron chi connectivity index (χ4n) is 5.47. The molecule has 1 atom stereocenters. The molecule has 2 saturated heterocycles. The summed E-state index contributed by atoms with van der Waals surface area (Å²) in [4.78, 5) is 33.3. The van der Waals surface area contributed by atoms with E-state index in [4.69, 9.17) is 4.98 Å².